The lowest BCUT2D eigenvalue weighted by Crippen LogP contribution is -2.39. The van der Waals surface area contributed by atoms with Crippen molar-refractivity contribution >= 4 is 23.4 Å². The highest BCUT2D eigenvalue weighted by Crippen LogP contribution is 2.35. The summed E-state index contributed by atoms with van der Waals surface area (Å²) in [6, 6.07) is 10.1. The topological polar surface area (TPSA) is 97.6 Å². The average molecular weight is 553 g/mol. The Balaban J connectivity index is 1.92. The summed E-state index contributed by atoms with van der Waals surface area (Å²) in [7, 11) is 4.63. The molecule has 1 aromatic heterocycles. The van der Waals surface area contributed by atoms with Crippen molar-refractivity contribution in [1.29, 1.82) is 0 Å². The number of carbonyl (C=O) groups excluding carboxylic acids is 1. The maximum absolute atomic E-state index is 13.9. The Bertz CT molecular complexity index is 1580. The molecule has 0 bridgehead atoms. The fraction of sp³-hybridized carbons (Fsp3) is 0.345. The molecule has 1 aliphatic rings. The maximum atomic E-state index is 13.9. The Kier molecular flexibility index (Phi) is 8.44. The molecule has 9 nitrogen and oxygen atoms in total. The number of hydrogen-bond acceptors (Lipinski definition) is 9. The number of benzene rings is 2. The number of nitrogens with zero attached hydrogens (tertiary/aromatic N) is 2. The third-order valence-electron chi connectivity index (χ3n) is 6.11. The van der Waals surface area contributed by atoms with Gasteiger partial charge in [-0.05, 0) is 57.5 Å². The number of thiazole rings is 1. The van der Waals surface area contributed by atoms with E-state index >= 15 is 0 Å². The predicted molar refractivity (Wildman–Crippen MR) is 149 cm³/mol. The molecule has 10 heteroatoms. The predicted octanol–water partition coefficient (Wildman–Crippen LogP) is 3.61. The Morgan fingerprint density at radius 2 is 1.69 bits per heavy atom. The lowest BCUT2D eigenvalue weighted by atomic mass is 9.96. The molecular formula is C29H32N2O7S. The van der Waals surface area contributed by atoms with Gasteiger partial charge in [-0.1, -0.05) is 23.5 Å². The van der Waals surface area contributed by atoms with Gasteiger partial charge < -0.3 is 23.7 Å². The average Bonchev–Trinajstić information content (AvgIpc) is 3.21. The molecule has 0 N–H and O–H groups in total. The highest BCUT2D eigenvalue weighted by Gasteiger charge is 2.33. The highest BCUT2D eigenvalue weighted by molar-refractivity contribution is 7.07. The molecule has 2 heterocycles. The van der Waals surface area contributed by atoms with E-state index in [1.807, 2.05) is 38.1 Å². The van der Waals surface area contributed by atoms with Crippen LogP contribution in [0.1, 0.15) is 44.9 Å². The molecule has 0 spiro atoms. The third-order valence-corrected chi connectivity index (χ3v) is 7.09. The number of allylic oxidation sites excluding steroid dienone is 1. The van der Waals surface area contributed by atoms with Gasteiger partial charge in [0.15, 0.2) is 16.3 Å². The summed E-state index contributed by atoms with van der Waals surface area (Å²) in [5.41, 5.74) is 1.89. The van der Waals surface area contributed by atoms with Crippen molar-refractivity contribution in [2.24, 2.45) is 4.99 Å². The number of esters is 1. The Morgan fingerprint density at radius 1 is 1.05 bits per heavy atom. The Morgan fingerprint density at radius 3 is 2.28 bits per heavy atom. The first-order valence-electron chi connectivity index (χ1n) is 12.5. The lowest BCUT2D eigenvalue weighted by Gasteiger charge is -2.25. The number of aromatic nitrogens is 1. The van der Waals surface area contributed by atoms with Crippen molar-refractivity contribution in [3.05, 3.63) is 78.5 Å². The molecule has 0 saturated heterocycles. The van der Waals surface area contributed by atoms with Gasteiger partial charge in [0.2, 0.25) is 0 Å². The van der Waals surface area contributed by atoms with Gasteiger partial charge >= 0.3 is 5.97 Å². The van der Waals surface area contributed by atoms with Crippen LogP contribution in [-0.4, -0.2) is 44.6 Å². The van der Waals surface area contributed by atoms with E-state index < -0.39 is 12.0 Å². The number of methoxy groups -OCH3 is 3. The molecule has 0 saturated carbocycles. The molecule has 3 aromatic rings. The van der Waals surface area contributed by atoms with Gasteiger partial charge in [0.1, 0.15) is 11.5 Å². The normalized spacial score (nSPS) is 15.1. The first-order valence-corrected chi connectivity index (χ1v) is 13.3. The van der Waals surface area contributed by atoms with Gasteiger partial charge in [0.25, 0.3) is 5.56 Å². The van der Waals surface area contributed by atoms with Crippen LogP contribution in [0.5, 0.6) is 23.0 Å². The fourth-order valence-electron chi connectivity index (χ4n) is 4.41. The lowest BCUT2D eigenvalue weighted by molar-refractivity contribution is -0.139. The minimum Gasteiger partial charge on any atom is -0.496 e. The van der Waals surface area contributed by atoms with Crippen molar-refractivity contribution in [3.8, 4) is 23.0 Å². The van der Waals surface area contributed by atoms with E-state index in [4.69, 9.17) is 23.7 Å². The molecule has 0 unspecified atom stereocenters. The van der Waals surface area contributed by atoms with E-state index in [0.29, 0.717) is 49.2 Å². The van der Waals surface area contributed by atoms with Gasteiger partial charge in [0.05, 0.1) is 55.9 Å². The number of ether oxygens (including phenoxy) is 5. The monoisotopic (exact) mass is 552 g/mol. The Labute approximate surface area is 230 Å². The number of carbonyl (C=O) groups is 1. The van der Waals surface area contributed by atoms with Crippen molar-refractivity contribution in [2.45, 2.75) is 39.8 Å². The molecule has 39 heavy (non-hydrogen) atoms. The van der Waals surface area contributed by atoms with Crippen LogP contribution < -0.4 is 33.8 Å². The standard InChI is InChI=1S/C29H32N2O7S/c1-8-37-28(33)25-17(4)30-29-31(26(25)18-9-11-20(12-10-18)38-16(2)3)27(32)24(39-29)14-19-13-22(35-6)23(36-7)15-21(19)34-5/h9-16,26H,8H2,1-7H3/t26-/m1/s1. The molecule has 2 aromatic carbocycles. The van der Waals surface area contributed by atoms with Crippen LogP contribution in [0, 0.1) is 0 Å². The Hall–Kier alpha value is -4.05. The van der Waals surface area contributed by atoms with E-state index in [2.05, 4.69) is 4.99 Å². The van der Waals surface area contributed by atoms with Gasteiger partial charge in [-0.3, -0.25) is 9.36 Å². The zero-order chi connectivity index (χ0) is 28.3. The summed E-state index contributed by atoms with van der Waals surface area (Å²) in [5, 5.41) is 0. The van der Waals surface area contributed by atoms with Crippen LogP contribution in [0.2, 0.25) is 0 Å². The summed E-state index contributed by atoms with van der Waals surface area (Å²) in [5.74, 6) is 1.70. The van der Waals surface area contributed by atoms with Crippen molar-refractivity contribution < 1.29 is 28.5 Å². The van der Waals surface area contributed by atoms with Crippen LogP contribution >= 0.6 is 11.3 Å². The van der Waals surface area contributed by atoms with Gasteiger partial charge in [-0.2, -0.15) is 0 Å². The zero-order valence-corrected chi connectivity index (χ0v) is 23.9. The molecule has 0 fully saturated rings. The number of fused-ring (bicyclic) bond motifs is 1. The first kappa shape index (κ1) is 28.0. The minimum absolute atomic E-state index is 0.0133. The van der Waals surface area contributed by atoms with Crippen LogP contribution in [0.25, 0.3) is 6.08 Å². The summed E-state index contributed by atoms with van der Waals surface area (Å²) < 4.78 is 29.5. The van der Waals surface area contributed by atoms with Gasteiger partial charge in [-0.25, -0.2) is 9.79 Å². The summed E-state index contributed by atoms with van der Waals surface area (Å²) in [6.45, 7) is 7.60. The van der Waals surface area contributed by atoms with E-state index in [9.17, 15) is 9.59 Å². The number of hydrogen-bond donors (Lipinski definition) is 0. The van der Waals surface area contributed by atoms with E-state index in [0.717, 1.165) is 5.56 Å². The van der Waals surface area contributed by atoms with Crippen molar-refractivity contribution in [1.82, 2.24) is 4.57 Å². The second kappa shape index (κ2) is 11.8. The third kappa shape index (κ3) is 5.56. The molecule has 0 radical (unpaired) electrons. The van der Waals surface area contributed by atoms with Crippen LogP contribution in [0.4, 0.5) is 0 Å². The molecule has 1 aliphatic heterocycles. The van der Waals surface area contributed by atoms with Crippen molar-refractivity contribution in [3.63, 3.8) is 0 Å². The largest absolute Gasteiger partial charge is 0.496 e. The van der Waals surface area contributed by atoms with Gasteiger partial charge in [0, 0.05) is 11.6 Å². The molecule has 0 amide bonds. The first-order chi connectivity index (χ1) is 18.7. The molecule has 206 valence electrons. The fourth-order valence-corrected chi connectivity index (χ4v) is 5.45. The van der Waals surface area contributed by atoms with E-state index in [1.165, 1.54) is 11.3 Å². The van der Waals surface area contributed by atoms with Crippen LogP contribution in [0.15, 0.2) is 57.5 Å². The SMILES string of the molecule is CCOC(=O)C1=C(C)N=c2sc(=Cc3cc(OC)c(OC)cc3OC)c(=O)n2[C@@H]1c1ccc(OC(C)C)cc1. The molecule has 0 aliphatic carbocycles. The second-order valence-corrected chi connectivity index (χ2v) is 10.00. The minimum atomic E-state index is -0.720. The highest BCUT2D eigenvalue weighted by atomic mass is 32.1. The number of rotatable bonds is 9. The maximum Gasteiger partial charge on any atom is 0.338 e. The van der Waals surface area contributed by atoms with Gasteiger partial charge in [-0.15, -0.1) is 0 Å². The molecular weight excluding hydrogens is 520 g/mol. The molecule has 1 atom stereocenters. The van der Waals surface area contributed by atoms with E-state index in [-0.39, 0.29) is 18.3 Å². The second-order valence-electron chi connectivity index (χ2n) is 8.99. The molecule has 4 rings (SSSR count). The quantitative estimate of drug-likeness (QED) is 0.374. The van der Waals surface area contributed by atoms with Crippen LogP contribution in [-0.2, 0) is 9.53 Å². The van der Waals surface area contributed by atoms with Crippen molar-refractivity contribution in [2.75, 3.05) is 27.9 Å². The van der Waals surface area contributed by atoms with E-state index in [1.54, 1.807) is 58.0 Å². The summed E-state index contributed by atoms with van der Waals surface area (Å²) >= 11 is 1.23. The smallest absolute Gasteiger partial charge is 0.338 e. The zero-order valence-electron chi connectivity index (χ0n) is 23.1. The summed E-state index contributed by atoms with van der Waals surface area (Å²) in [4.78, 5) is 32.1. The van der Waals surface area contributed by atoms with Crippen LogP contribution in [0.3, 0.4) is 0 Å². The summed E-state index contributed by atoms with van der Waals surface area (Å²) in [6.07, 6.45) is 1.74.